The van der Waals surface area contributed by atoms with Crippen molar-refractivity contribution in [1.82, 2.24) is 5.01 Å². The Morgan fingerprint density at radius 3 is 2.00 bits per heavy atom. The number of hydrogen-bond donors (Lipinski definition) is 1. The normalized spacial score (nSPS) is 10.1. The number of nitrogens with zero attached hydrogens (tertiary/aromatic N) is 2. The second-order valence-electron chi connectivity index (χ2n) is 5.28. The van der Waals surface area contributed by atoms with Crippen molar-refractivity contribution in [3.8, 4) is 0 Å². The van der Waals surface area contributed by atoms with Crippen molar-refractivity contribution >= 4 is 18.6 Å². The summed E-state index contributed by atoms with van der Waals surface area (Å²) in [6, 6.07) is 7.75. The molecule has 0 radical (unpaired) electrons. The Kier molecular flexibility index (Phi) is 16.2. The number of esters is 1. The van der Waals surface area contributed by atoms with Gasteiger partial charge in [0.2, 0.25) is 0 Å². The molecule has 1 aromatic carbocycles. The average molecular weight is 394 g/mol. The molecule has 28 heavy (non-hydrogen) atoms. The average Bonchev–Trinajstić information content (AvgIpc) is 2.77. The van der Waals surface area contributed by atoms with E-state index in [2.05, 4.69) is 22.3 Å². The number of aryl methyl sites for hydroxylation is 1. The van der Waals surface area contributed by atoms with Gasteiger partial charge in [0.05, 0.1) is 19.8 Å². The molecule has 1 aromatic rings. The molecule has 7 nitrogen and oxygen atoms in total. The number of carbonyl (C=O) groups excluding carboxylic acids is 2. The molecular weight excluding hydrogens is 358 g/mol. The molecule has 0 atom stereocenters. The summed E-state index contributed by atoms with van der Waals surface area (Å²) in [6.07, 6.45) is 1.39. The van der Waals surface area contributed by atoms with Gasteiger partial charge in [0.25, 0.3) is 5.91 Å². The van der Waals surface area contributed by atoms with Gasteiger partial charge in [0, 0.05) is 26.6 Å². The summed E-state index contributed by atoms with van der Waals surface area (Å²) >= 11 is 0. The van der Waals surface area contributed by atoms with Crippen molar-refractivity contribution < 1.29 is 19.1 Å². The van der Waals surface area contributed by atoms with Crippen LogP contribution in [0.2, 0.25) is 0 Å². The van der Waals surface area contributed by atoms with E-state index in [1.807, 2.05) is 38.1 Å². The van der Waals surface area contributed by atoms with Crippen LogP contribution >= 0.6 is 0 Å². The van der Waals surface area contributed by atoms with Crippen LogP contribution in [0.15, 0.2) is 40.7 Å². The van der Waals surface area contributed by atoms with E-state index in [0.717, 1.165) is 11.1 Å². The topological polar surface area (TPSA) is 94.2 Å². The highest BCUT2D eigenvalue weighted by Gasteiger charge is 2.18. The second kappa shape index (κ2) is 16.5. The number of rotatable bonds is 8. The molecule has 0 saturated heterocycles. The fraction of sp³-hybridized carbons (Fsp3) is 0.476. The molecule has 0 aliphatic rings. The third-order valence-corrected chi connectivity index (χ3v) is 3.74. The van der Waals surface area contributed by atoms with Crippen molar-refractivity contribution in [3.63, 3.8) is 0 Å². The van der Waals surface area contributed by atoms with Gasteiger partial charge in [0.1, 0.15) is 5.76 Å². The zero-order chi connectivity index (χ0) is 22.1. The first-order valence-electron chi connectivity index (χ1n) is 9.13. The van der Waals surface area contributed by atoms with Gasteiger partial charge >= 0.3 is 5.97 Å². The van der Waals surface area contributed by atoms with E-state index in [0.29, 0.717) is 30.6 Å². The first-order chi connectivity index (χ1) is 13.4. The van der Waals surface area contributed by atoms with Gasteiger partial charge in [-0.15, -0.1) is 0 Å². The van der Waals surface area contributed by atoms with Crippen LogP contribution in [0.25, 0.3) is 0 Å². The van der Waals surface area contributed by atoms with E-state index in [1.54, 1.807) is 14.0 Å². The highest BCUT2D eigenvalue weighted by molar-refractivity contribution is 5.94. The predicted molar refractivity (Wildman–Crippen MR) is 114 cm³/mol. The lowest BCUT2D eigenvalue weighted by Crippen LogP contribution is -2.24. The van der Waals surface area contributed by atoms with E-state index < -0.39 is 0 Å². The molecule has 0 bridgehead atoms. The quantitative estimate of drug-likeness (QED) is 0.241. The molecule has 1 amide bonds. The minimum Gasteiger partial charge on any atom is -0.501 e. The molecule has 0 unspecified atom stereocenters. The maximum Gasteiger partial charge on any atom is 0.305 e. The van der Waals surface area contributed by atoms with Gasteiger partial charge < -0.3 is 15.2 Å². The van der Waals surface area contributed by atoms with Crippen molar-refractivity contribution in [2.75, 3.05) is 28.3 Å². The van der Waals surface area contributed by atoms with Crippen LogP contribution in [0.4, 0.5) is 0 Å². The maximum atomic E-state index is 12.4. The summed E-state index contributed by atoms with van der Waals surface area (Å²) in [5, 5.41) is 4.81. The highest BCUT2D eigenvalue weighted by atomic mass is 16.5. The molecule has 0 saturated carbocycles. The summed E-state index contributed by atoms with van der Waals surface area (Å²) < 4.78 is 9.85. The van der Waals surface area contributed by atoms with E-state index >= 15 is 0 Å². The lowest BCUT2D eigenvalue weighted by Gasteiger charge is -2.15. The fourth-order valence-electron chi connectivity index (χ4n) is 2.11. The van der Waals surface area contributed by atoms with Gasteiger partial charge in [-0.25, -0.2) is 5.01 Å². The number of hydrazone groups is 1. The minimum atomic E-state index is -0.251. The van der Waals surface area contributed by atoms with Crippen LogP contribution in [-0.4, -0.2) is 51.9 Å². The summed E-state index contributed by atoms with van der Waals surface area (Å²) in [6.45, 7) is 9.11. The number of carbonyl (C=O) groups is 2. The predicted octanol–water partition coefficient (Wildman–Crippen LogP) is 2.93. The second-order valence-corrected chi connectivity index (χ2v) is 5.28. The zero-order valence-electron chi connectivity index (χ0n) is 18.2. The molecule has 0 fully saturated rings. The summed E-state index contributed by atoms with van der Waals surface area (Å²) in [4.78, 5) is 23.5. The number of ether oxygens (including phenoxy) is 2. The van der Waals surface area contributed by atoms with Crippen molar-refractivity contribution in [1.29, 1.82) is 0 Å². The van der Waals surface area contributed by atoms with Gasteiger partial charge in [-0.3, -0.25) is 9.59 Å². The molecule has 0 aliphatic carbocycles. The van der Waals surface area contributed by atoms with Gasteiger partial charge in [0.15, 0.2) is 0 Å². The van der Waals surface area contributed by atoms with E-state index in [-0.39, 0.29) is 11.9 Å². The Bertz CT molecular complexity index is 625. The third-order valence-electron chi connectivity index (χ3n) is 3.74. The number of benzene rings is 1. The molecule has 2 N–H and O–H groups in total. The minimum absolute atomic E-state index is 0.231. The number of allylic oxidation sites excluding steroid dienone is 1. The van der Waals surface area contributed by atoms with Gasteiger partial charge in [-0.2, -0.15) is 5.10 Å². The first kappa shape index (κ1) is 27.5. The lowest BCUT2D eigenvalue weighted by molar-refractivity contribution is -0.140. The van der Waals surface area contributed by atoms with Gasteiger partial charge in [-0.1, -0.05) is 38.1 Å². The van der Waals surface area contributed by atoms with Crippen LogP contribution in [0, 0.1) is 0 Å². The number of amides is 1. The van der Waals surface area contributed by atoms with Crippen LogP contribution in [0.5, 0.6) is 0 Å². The van der Waals surface area contributed by atoms with Crippen LogP contribution in [0.3, 0.4) is 0 Å². The Labute approximate surface area is 169 Å². The van der Waals surface area contributed by atoms with Crippen LogP contribution < -0.4 is 5.73 Å². The maximum absolute atomic E-state index is 12.4. The summed E-state index contributed by atoms with van der Waals surface area (Å²) in [5.74, 6) is 0.0648. The van der Waals surface area contributed by atoms with Gasteiger partial charge in [-0.05, 0) is 31.5 Å². The molecule has 0 heterocycles. The largest absolute Gasteiger partial charge is 0.501 e. The van der Waals surface area contributed by atoms with E-state index in [4.69, 9.17) is 4.74 Å². The Balaban J connectivity index is 0. The molecule has 1 rings (SSSR count). The molecule has 0 spiro atoms. The molecule has 158 valence electrons. The molecule has 0 aliphatic heterocycles. The number of likely N-dealkylation sites (N-methyl/N-ethyl adjacent to an activating group) is 1. The fourth-order valence-corrected chi connectivity index (χ4v) is 2.11. The lowest BCUT2D eigenvalue weighted by atomic mass is 10.0. The smallest absolute Gasteiger partial charge is 0.305 e. The van der Waals surface area contributed by atoms with E-state index in [9.17, 15) is 9.59 Å². The Hall–Kier alpha value is -2.67. The number of hydrogen-bond acceptors (Lipinski definition) is 6. The first-order valence-corrected chi connectivity index (χ1v) is 9.13. The number of methoxy groups -OCH3 is 2. The SMILES string of the molecule is C=NN(C)C(=O)/C(Cc1ccc(CCC(=O)OC)cc1)=C(\C)OC.CC.CN. The summed E-state index contributed by atoms with van der Waals surface area (Å²) in [5.41, 5.74) is 7.03. The van der Waals surface area contributed by atoms with E-state index in [1.165, 1.54) is 26.3 Å². The standard InChI is InChI=1S/C18H24N2O4.C2H6.CH5N/c1-13(23-4)16(18(22)20(3)19-2)12-15-8-6-14(7-9-15)10-11-17(21)24-5;2*1-2/h6-9H,2,10-12H2,1,3-5H3;1-2H3;2H2,1H3/b16-13+;;. The molecule has 0 aromatic heterocycles. The van der Waals surface area contributed by atoms with Crippen molar-refractivity contribution in [3.05, 3.63) is 46.7 Å². The summed E-state index contributed by atoms with van der Waals surface area (Å²) in [7, 11) is 5.96. The Morgan fingerprint density at radius 1 is 1.07 bits per heavy atom. The van der Waals surface area contributed by atoms with Crippen LogP contribution in [-0.2, 0) is 31.9 Å². The molecular formula is C21H35N3O4. The zero-order valence-corrected chi connectivity index (χ0v) is 18.2. The van der Waals surface area contributed by atoms with Crippen molar-refractivity contribution in [2.24, 2.45) is 10.8 Å². The molecule has 7 heteroatoms. The number of nitrogens with two attached hydrogens (primary N) is 1. The van der Waals surface area contributed by atoms with Crippen molar-refractivity contribution in [2.45, 2.75) is 40.0 Å². The monoisotopic (exact) mass is 393 g/mol. The highest BCUT2D eigenvalue weighted by Crippen LogP contribution is 2.17. The third kappa shape index (κ3) is 9.87. The van der Waals surface area contributed by atoms with Crippen LogP contribution in [0.1, 0.15) is 38.3 Å². The Morgan fingerprint density at radius 2 is 1.57 bits per heavy atom.